The number of hydrogen-bond donors (Lipinski definition) is 0. The highest BCUT2D eigenvalue weighted by Gasteiger charge is 2.30. The number of pyridine rings is 1. The molecule has 1 aliphatic rings. The van der Waals surface area contributed by atoms with E-state index in [0.29, 0.717) is 43.9 Å². The van der Waals surface area contributed by atoms with Gasteiger partial charge in [0, 0.05) is 50.6 Å². The molecule has 0 bridgehead atoms. The molecule has 0 saturated carbocycles. The largest absolute Gasteiger partial charge is 0.326 e. The van der Waals surface area contributed by atoms with Crippen LogP contribution in [0.5, 0.6) is 0 Å². The molecule has 4 rings (SSSR count). The summed E-state index contributed by atoms with van der Waals surface area (Å²) < 4.78 is 14.9. The van der Waals surface area contributed by atoms with Crippen LogP contribution in [0.1, 0.15) is 33.7 Å². The minimum absolute atomic E-state index is 0.0122. The Morgan fingerprint density at radius 1 is 1.13 bits per heavy atom. The number of Topliss-reactive ketones (excluding diaryl/α,β-unsaturated/α-hetero) is 1. The van der Waals surface area contributed by atoms with E-state index < -0.39 is 0 Å². The van der Waals surface area contributed by atoms with Crippen LogP contribution in [0.25, 0.3) is 0 Å². The van der Waals surface area contributed by atoms with Crippen LogP contribution in [0, 0.1) is 12.7 Å². The molecule has 1 fully saturated rings. The Bertz CT molecular complexity index is 1090. The van der Waals surface area contributed by atoms with E-state index in [4.69, 9.17) is 0 Å². The zero-order valence-corrected chi connectivity index (χ0v) is 17.6. The molecular weight excluding hydrogens is 397 g/mol. The zero-order valence-electron chi connectivity index (χ0n) is 17.6. The minimum Gasteiger partial charge on any atom is -0.318 e. The number of aromatic nitrogens is 3. The highest BCUT2D eigenvalue weighted by atomic mass is 19.1. The van der Waals surface area contributed by atoms with Crippen LogP contribution in [-0.4, -0.2) is 44.6 Å². The van der Waals surface area contributed by atoms with Crippen LogP contribution in [0.3, 0.4) is 0 Å². The number of hydrogen-bond acceptors (Lipinski definition) is 4. The number of nitrogens with zero attached hydrogens (tertiary/aromatic N) is 5. The summed E-state index contributed by atoms with van der Waals surface area (Å²) in [5.41, 5.74) is 3.32. The van der Waals surface area contributed by atoms with E-state index in [9.17, 15) is 14.0 Å². The molecule has 1 aliphatic heterocycles. The SMILES string of the molecule is Cc1cc(CCC(=O)c2ccnc(N3CCN(Cc4ccc(F)cc4)C3=O)c2)nn1C. The first-order valence-electron chi connectivity index (χ1n) is 10.2. The maximum atomic E-state index is 13.1. The van der Waals surface area contributed by atoms with Crippen molar-refractivity contribution in [1.29, 1.82) is 0 Å². The molecule has 0 aliphatic carbocycles. The first kappa shape index (κ1) is 20.7. The van der Waals surface area contributed by atoms with Crippen molar-refractivity contribution in [3.63, 3.8) is 0 Å². The van der Waals surface area contributed by atoms with Crippen molar-refractivity contribution in [1.82, 2.24) is 19.7 Å². The van der Waals surface area contributed by atoms with E-state index in [1.165, 1.54) is 12.1 Å². The number of halogens is 1. The maximum absolute atomic E-state index is 13.1. The molecule has 0 radical (unpaired) electrons. The van der Waals surface area contributed by atoms with Gasteiger partial charge in [-0.15, -0.1) is 0 Å². The molecule has 160 valence electrons. The summed E-state index contributed by atoms with van der Waals surface area (Å²) in [6.45, 7) is 3.39. The number of carbonyl (C=O) groups is 2. The Morgan fingerprint density at radius 3 is 2.61 bits per heavy atom. The van der Waals surface area contributed by atoms with Crippen molar-refractivity contribution in [2.75, 3.05) is 18.0 Å². The molecule has 0 spiro atoms. The van der Waals surface area contributed by atoms with E-state index in [1.54, 1.807) is 44.9 Å². The Kier molecular flexibility index (Phi) is 5.79. The van der Waals surface area contributed by atoms with Crippen molar-refractivity contribution in [2.45, 2.75) is 26.3 Å². The van der Waals surface area contributed by atoms with E-state index in [-0.39, 0.29) is 17.6 Å². The van der Waals surface area contributed by atoms with Gasteiger partial charge in [0.15, 0.2) is 5.78 Å². The van der Waals surface area contributed by atoms with E-state index in [1.807, 2.05) is 20.0 Å². The molecular formula is C23H24FN5O2. The van der Waals surface area contributed by atoms with Crippen molar-refractivity contribution < 1.29 is 14.0 Å². The Balaban J connectivity index is 1.41. The summed E-state index contributed by atoms with van der Waals surface area (Å²) >= 11 is 0. The van der Waals surface area contributed by atoms with Gasteiger partial charge in [-0.25, -0.2) is 14.2 Å². The molecule has 31 heavy (non-hydrogen) atoms. The maximum Gasteiger partial charge on any atom is 0.326 e. The van der Waals surface area contributed by atoms with Crippen molar-refractivity contribution in [3.05, 3.63) is 77.0 Å². The van der Waals surface area contributed by atoms with E-state index in [2.05, 4.69) is 10.1 Å². The summed E-state index contributed by atoms with van der Waals surface area (Å²) in [6, 6.07) is 11.3. The van der Waals surface area contributed by atoms with Gasteiger partial charge in [0.2, 0.25) is 0 Å². The summed E-state index contributed by atoms with van der Waals surface area (Å²) in [4.78, 5) is 33.1. The van der Waals surface area contributed by atoms with Crippen molar-refractivity contribution in [2.24, 2.45) is 7.05 Å². The normalized spacial score (nSPS) is 13.8. The summed E-state index contributed by atoms with van der Waals surface area (Å²) in [6.07, 6.45) is 2.46. The molecule has 1 saturated heterocycles. The number of ketones is 1. The highest BCUT2D eigenvalue weighted by molar-refractivity contribution is 5.98. The van der Waals surface area contributed by atoms with Gasteiger partial charge in [-0.1, -0.05) is 12.1 Å². The van der Waals surface area contributed by atoms with Gasteiger partial charge < -0.3 is 4.90 Å². The van der Waals surface area contributed by atoms with Crippen molar-refractivity contribution in [3.8, 4) is 0 Å². The van der Waals surface area contributed by atoms with E-state index in [0.717, 1.165) is 17.0 Å². The monoisotopic (exact) mass is 421 g/mol. The first-order chi connectivity index (χ1) is 14.9. The Labute approximate surface area is 180 Å². The number of carbonyl (C=O) groups excluding carboxylic acids is 2. The fraction of sp³-hybridized carbons (Fsp3) is 0.304. The van der Waals surface area contributed by atoms with Gasteiger partial charge in [0.1, 0.15) is 11.6 Å². The molecule has 0 N–H and O–H groups in total. The molecule has 3 heterocycles. The number of anilines is 1. The lowest BCUT2D eigenvalue weighted by atomic mass is 10.1. The topological polar surface area (TPSA) is 71.3 Å². The smallest absolute Gasteiger partial charge is 0.318 e. The van der Waals surface area contributed by atoms with Gasteiger partial charge in [0.05, 0.1) is 5.69 Å². The minimum atomic E-state index is -0.304. The van der Waals surface area contributed by atoms with Crippen LogP contribution in [0.4, 0.5) is 15.0 Å². The van der Waals surface area contributed by atoms with Gasteiger partial charge in [-0.2, -0.15) is 5.10 Å². The number of aryl methyl sites for hydroxylation is 3. The highest BCUT2D eigenvalue weighted by Crippen LogP contribution is 2.21. The lowest BCUT2D eigenvalue weighted by Crippen LogP contribution is -2.32. The second-order valence-corrected chi connectivity index (χ2v) is 7.71. The fourth-order valence-corrected chi connectivity index (χ4v) is 3.63. The quantitative estimate of drug-likeness (QED) is 0.548. The average molecular weight is 421 g/mol. The summed E-state index contributed by atoms with van der Waals surface area (Å²) in [5.74, 6) is 0.148. The first-order valence-corrected chi connectivity index (χ1v) is 10.2. The molecule has 0 unspecified atom stereocenters. The van der Waals surface area contributed by atoms with Crippen LogP contribution >= 0.6 is 0 Å². The molecule has 2 aromatic heterocycles. The van der Waals surface area contributed by atoms with Crippen LogP contribution in [0.2, 0.25) is 0 Å². The number of rotatable bonds is 7. The predicted octanol–water partition coefficient (Wildman–Crippen LogP) is 3.52. The second-order valence-electron chi connectivity index (χ2n) is 7.71. The third-order valence-corrected chi connectivity index (χ3v) is 5.50. The third-order valence-electron chi connectivity index (χ3n) is 5.50. The molecule has 8 heteroatoms. The molecule has 7 nitrogen and oxygen atoms in total. The molecule has 3 aromatic rings. The van der Waals surface area contributed by atoms with E-state index >= 15 is 0 Å². The lowest BCUT2D eigenvalue weighted by Gasteiger charge is -2.18. The Morgan fingerprint density at radius 2 is 1.90 bits per heavy atom. The zero-order chi connectivity index (χ0) is 22.0. The van der Waals surface area contributed by atoms with Crippen LogP contribution in [-0.2, 0) is 20.0 Å². The van der Waals surface area contributed by atoms with Gasteiger partial charge in [0.25, 0.3) is 0 Å². The Hall–Kier alpha value is -3.55. The fourth-order valence-electron chi connectivity index (χ4n) is 3.63. The number of urea groups is 1. The standard InChI is InChI=1S/C23H24FN5O2/c1-16-13-20(26-27(16)2)7-8-21(30)18-9-10-25-22(14-18)29-12-11-28(23(29)31)15-17-3-5-19(24)6-4-17/h3-6,9-10,13-14H,7-8,11-12,15H2,1-2H3. The third kappa shape index (κ3) is 4.63. The van der Waals surface area contributed by atoms with Crippen molar-refractivity contribution >= 4 is 17.6 Å². The number of benzene rings is 1. The summed E-state index contributed by atoms with van der Waals surface area (Å²) in [5, 5.41) is 4.39. The number of amides is 2. The second kappa shape index (κ2) is 8.67. The molecule has 1 aromatic carbocycles. The lowest BCUT2D eigenvalue weighted by molar-refractivity contribution is 0.0982. The summed E-state index contributed by atoms with van der Waals surface area (Å²) in [7, 11) is 1.88. The van der Waals surface area contributed by atoms with Gasteiger partial charge in [-0.05, 0) is 49.2 Å². The molecule has 0 atom stereocenters. The van der Waals surface area contributed by atoms with Crippen LogP contribution in [0.15, 0.2) is 48.7 Å². The van der Waals surface area contributed by atoms with Gasteiger partial charge >= 0.3 is 6.03 Å². The average Bonchev–Trinajstić information content (AvgIpc) is 3.29. The van der Waals surface area contributed by atoms with Crippen LogP contribution < -0.4 is 4.90 Å². The van der Waals surface area contributed by atoms with Gasteiger partial charge in [-0.3, -0.25) is 14.4 Å². The molecule has 2 amide bonds. The predicted molar refractivity (Wildman–Crippen MR) is 114 cm³/mol.